The second kappa shape index (κ2) is 6.87. The molecule has 0 aromatic carbocycles. The number of anilines is 2. The van der Waals surface area contributed by atoms with Gasteiger partial charge in [0.15, 0.2) is 11.6 Å². The van der Waals surface area contributed by atoms with E-state index in [4.69, 9.17) is 0 Å². The molecule has 23 heavy (non-hydrogen) atoms. The van der Waals surface area contributed by atoms with Crippen molar-refractivity contribution in [1.29, 1.82) is 0 Å². The van der Waals surface area contributed by atoms with Crippen molar-refractivity contribution in [3.05, 3.63) is 42.1 Å². The molecule has 7 heteroatoms. The van der Waals surface area contributed by atoms with Gasteiger partial charge in [0.2, 0.25) is 5.95 Å². The Balaban J connectivity index is 1.75. The Morgan fingerprint density at radius 3 is 2.83 bits per heavy atom. The van der Waals surface area contributed by atoms with Gasteiger partial charge in [-0.1, -0.05) is 6.07 Å². The van der Waals surface area contributed by atoms with Gasteiger partial charge >= 0.3 is 0 Å². The first kappa shape index (κ1) is 15.6. The molecule has 3 rings (SSSR count). The van der Waals surface area contributed by atoms with E-state index in [0.29, 0.717) is 18.3 Å². The average Bonchev–Trinajstić information content (AvgIpc) is 2.54. The van der Waals surface area contributed by atoms with Gasteiger partial charge in [-0.3, -0.25) is 4.98 Å². The fourth-order valence-corrected chi connectivity index (χ4v) is 2.82. The van der Waals surface area contributed by atoms with E-state index in [-0.39, 0.29) is 18.0 Å². The van der Waals surface area contributed by atoms with E-state index >= 15 is 0 Å². The summed E-state index contributed by atoms with van der Waals surface area (Å²) in [6.45, 7) is 0. The summed E-state index contributed by atoms with van der Waals surface area (Å²) < 4.78 is 13.5. The fourth-order valence-electron chi connectivity index (χ4n) is 2.82. The second-order valence-corrected chi connectivity index (χ2v) is 5.80. The van der Waals surface area contributed by atoms with E-state index in [9.17, 15) is 9.50 Å². The molecule has 0 amide bonds. The van der Waals surface area contributed by atoms with Crippen molar-refractivity contribution in [1.82, 2.24) is 15.0 Å². The van der Waals surface area contributed by atoms with Crippen LogP contribution in [0.15, 0.2) is 30.6 Å². The summed E-state index contributed by atoms with van der Waals surface area (Å²) in [5, 5.41) is 15.6. The maximum atomic E-state index is 13.5. The average molecular weight is 317 g/mol. The van der Waals surface area contributed by atoms with Crippen LogP contribution in [0, 0.1) is 11.7 Å². The number of aliphatic hydroxyl groups excluding tert-OH is 1. The molecule has 1 fully saturated rings. The van der Waals surface area contributed by atoms with Crippen molar-refractivity contribution < 1.29 is 9.50 Å². The number of aromatic nitrogens is 3. The third kappa shape index (κ3) is 3.73. The van der Waals surface area contributed by atoms with Crippen LogP contribution in [0.1, 0.15) is 18.5 Å². The van der Waals surface area contributed by atoms with E-state index in [1.807, 2.05) is 18.2 Å². The van der Waals surface area contributed by atoms with Gasteiger partial charge in [0.05, 0.1) is 12.3 Å². The normalized spacial score (nSPS) is 21.3. The van der Waals surface area contributed by atoms with Crippen molar-refractivity contribution in [3.8, 4) is 0 Å². The Morgan fingerprint density at radius 2 is 2.17 bits per heavy atom. The SMILES string of the molecule is CNc1nc(NC(Cc2ccccn2)C2CC(O)C2)ncc1F. The Labute approximate surface area is 134 Å². The molecule has 1 aliphatic rings. The summed E-state index contributed by atoms with van der Waals surface area (Å²) in [6.07, 6.45) is 4.85. The lowest BCUT2D eigenvalue weighted by Crippen LogP contribution is -2.42. The smallest absolute Gasteiger partial charge is 0.225 e. The zero-order valence-corrected chi connectivity index (χ0v) is 12.9. The predicted octanol–water partition coefficient (Wildman–Crippen LogP) is 1.85. The third-order valence-electron chi connectivity index (χ3n) is 4.17. The van der Waals surface area contributed by atoms with E-state index in [2.05, 4.69) is 25.6 Å². The molecule has 0 spiro atoms. The Bertz CT molecular complexity index is 648. The third-order valence-corrected chi connectivity index (χ3v) is 4.17. The van der Waals surface area contributed by atoms with Gasteiger partial charge in [-0.05, 0) is 30.9 Å². The molecule has 0 aliphatic heterocycles. The van der Waals surface area contributed by atoms with Crippen molar-refractivity contribution in [3.63, 3.8) is 0 Å². The fraction of sp³-hybridized carbons (Fsp3) is 0.438. The quantitative estimate of drug-likeness (QED) is 0.754. The highest BCUT2D eigenvalue weighted by atomic mass is 19.1. The number of rotatable bonds is 6. The highest BCUT2D eigenvalue weighted by Crippen LogP contribution is 2.33. The van der Waals surface area contributed by atoms with Crippen molar-refractivity contribution in [2.45, 2.75) is 31.4 Å². The lowest BCUT2D eigenvalue weighted by atomic mass is 9.76. The minimum atomic E-state index is -0.488. The monoisotopic (exact) mass is 317 g/mol. The number of aliphatic hydroxyl groups is 1. The van der Waals surface area contributed by atoms with E-state index in [0.717, 1.165) is 24.7 Å². The topological polar surface area (TPSA) is 83.0 Å². The summed E-state index contributed by atoms with van der Waals surface area (Å²) in [7, 11) is 1.61. The molecule has 2 aromatic rings. The number of hydrogen-bond acceptors (Lipinski definition) is 6. The molecule has 0 saturated heterocycles. The first-order valence-electron chi connectivity index (χ1n) is 7.70. The molecule has 1 unspecified atom stereocenters. The summed E-state index contributed by atoms with van der Waals surface area (Å²) in [5.74, 6) is 0.364. The zero-order chi connectivity index (χ0) is 16.2. The molecule has 1 atom stereocenters. The van der Waals surface area contributed by atoms with Crippen molar-refractivity contribution >= 4 is 11.8 Å². The van der Waals surface area contributed by atoms with Gasteiger partial charge in [-0.25, -0.2) is 9.37 Å². The first-order chi connectivity index (χ1) is 11.2. The Hall–Kier alpha value is -2.28. The van der Waals surface area contributed by atoms with E-state index in [1.165, 1.54) is 0 Å². The molecule has 122 valence electrons. The highest BCUT2D eigenvalue weighted by molar-refractivity contribution is 5.41. The minimum absolute atomic E-state index is 0.0449. The summed E-state index contributed by atoms with van der Waals surface area (Å²) in [5.41, 5.74) is 0.961. The number of pyridine rings is 1. The van der Waals surface area contributed by atoms with Crippen LogP contribution in [0.25, 0.3) is 0 Å². The van der Waals surface area contributed by atoms with Gasteiger partial charge in [-0.15, -0.1) is 0 Å². The summed E-state index contributed by atoms with van der Waals surface area (Å²) in [6, 6.07) is 5.83. The standard InChI is InChI=1S/C16H20FN5O/c1-18-15-13(17)9-20-16(22-15)21-14(10-6-12(23)7-10)8-11-4-2-3-5-19-11/h2-5,9-10,12,14,23H,6-8H2,1H3,(H2,18,20,21,22). The largest absolute Gasteiger partial charge is 0.393 e. The van der Waals surface area contributed by atoms with Crippen LogP contribution in [0.2, 0.25) is 0 Å². The van der Waals surface area contributed by atoms with Crippen LogP contribution in [-0.4, -0.2) is 39.3 Å². The molecule has 1 saturated carbocycles. The zero-order valence-electron chi connectivity index (χ0n) is 12.9. The Morgan fingerprint density at radius 1 is 1.35 bits per heavy atom. The van der Waals surface area contributed by atoms with Gasteiger partial charge in [0.25, 0.3) is 0 Å². The van der Waals surface area contributed by atoms with Gasteiger partial charge in [-0.2, -0.15) is 4.98 Å². The molecule has 3 N–H and O–H groups in total. The lowest BCUT2D eigenvalue weighted by molar-refractivity contribution is 0.0340. The van der Waals surface area contributed by atoms with E-state index in [1.54, 1.807) is 13.2 Å². The van der Waals surface area contributed by atoms with Crippen LogP contribution in [-0.2, 0) is 6.42 Å². The number of nitrogens with one attached hydrogen (secondary N) is 2. The molecule has 0 bridgehead atoms. The number of hydrogen-bond donors (Lipinski definition) is 3. The highest BCUT2D eigenvalue weighted by Gasteiger charge is 2.34. The predicted molar refractivity (Wildman–Crippen MR) is 85.6 cm³/mol. The molecule has 0 radical (unpaired) electrons. The summed E-state index contributed by atoms with van der Waals surface area (Å²) in [4.78, 5) is 12.5. The molecular formula is C16H20FN5O. The van der Waals surface area contributed by atoms with Crippen molar-refractivity contribution in [2.75, 3.05) is 17.7 Å². The molecule has 6 nitrogen and oxygen atoms in total. The Kier molecular flexibility index (Phi) is 4.66. The molecule has 1 aliphatic carbocycles. The number of halogens is 1. The molecule has 2 heterocycles. The van der Waals surface area contributed by atoms with Gasteiger partial charge in [0.1, 0.15) is 0 Å². The summed E-state index contributed by atoms with van der Waals surface area (Å²) >= 11 is 0. The van der Waals surface area contributed by atoms with Gasteiger partial charge < -0.3 is 15.7 Å². The molecular weight excluding hydrogens is 297 g/mol. The van der Waals surface area contributed by atoms with Crippen LogP contribution < -0.4 is 10.6 Å². The van der Waals surface area contributed by atoms with Crippen LogP contribution in [0.3, 0.4) is 0 Å². The first-order valence-corrected chi connectivity index (χ1v) is 7.70. The second-order valence-electron chi connectivity index (χ2n) is 5.80. The van der Waals surface area contributed by atoms with Gasteiger partial charge in [0, 0.05) is 31.4 Å². The molecule has 2 aromatic heterocycles. The van der Waals surface area contributed by atoms with Crippen LogP contribution in [0.4, 0.5) is 16.2 Å². The lowest BCUT2D eigenvalue weighted by Gasteiger charge is -2.38. The van der Waals surface area contributed by atoms with Crippen LogP contribution in [0.5, 0.6) is 0 Å². The van der Waals surface area contributed by atoms with Crippen molar-refractivity contribution in [2.24, 2.45) is 5.92 Å². The maximum absolute atomic E-state index is 13.5. The maximum Gasteiger partial charge on any atom is 0.225 e. The van der Waals surface area contributed by atoms with Crippen LogP contribution >= 0.6 is 0 Å². The number of nitrogens with zero attached hydrogens (tertiary/aromatic N) is 3. The minimum Gasteiger partial charge on any atom is -0.393 e. The van der Waals surface area contributed by atoms with E-state index < -0.39 is 5.82 Å².